The minimum Gasteiger partial charge on any atom is -0.467 e. The zero-order chi connectivity index (χ0) is 8.39. The smallest absolute Gasteiger partial charge is 0.189 e. The predicted molar refractivity (Wildman–Crippen MR) is 42.6 cm³/mol. The number of ether oxygens (including phenoxy) is 2. The molecule has 1 aliphatic rings. The Hall–Kier alpha value is -1.06. The minimum absolute atomic E-state index is 0.0376. The highest BCUT2D eigenvalue weighted by Gasteiger charge is 2.12. The molecule has 0 spiro atoms. The second kappa shape index (κ2) is 3.13. The number of rotatable bonds is 1. The lowest BCUT2D eigenvalue weighted by Gasteiger charge is -2.19. The highest BCUT2D eigenvalue weighted by molar-refractivity contribution is 5.40. The maximum absolute atomic E-state index is 8.98. The van der Waals surface area contributed by atoms with Gasteiger partial charge in [-0.1, -0.05) is 12.1 Å². The molecule has 0 bridgehead atoms. The van der Waals surface area contributed by atoms with Crippen LogP contribution in [0.2, 0.25) is 0 Å². The van der Waals surface area contributed by atoms with Gasteiger partial charge in [0.2, 0.25) is 0 Å². The standard InChI is InChI=1S/C9H10O3/c10-4-7-2-1-3-9-8(7)5-11-6-12-9/h1-3,10H,4-6H2. The van der Waals surface area contributed by atoms with E-state index in [1.165, 1.54) is 0 Å². The first kappa shape index (κ1) is 7.58. The molecule has 64 valence electrons. The van der Waals surface area contributed by atoms with Crippen LogP contribution >= 0.6 is 0 Å². The molecule has 0 atom stereocenters. The zero-order valence-corrected chi connectivity index (χ0v) is 6.62. The Bertz CT molecular complexity index is 269. The maximum atomic E-state index is 8.98. The van der Waals surface area contributed by atoms with Crippen molar-refractivity contribution in [3.8, 4) is 5.75 Å². The Morgan fingerprint density at radius 1 is 1.42 bits per heavy atom. The summed E-state index contributed by atoms with van der Waals surface area (Å²) in [6, 6.07) is 5.63. The summed E-state index contributed by atoms with van der Waals surface area (Å²) in [4.78, 5) is 0. The van der Waals surface area contributed by atoms with Gasteiger partial charge in [0.15, 0.2) is 6.79 Å². The van der Waals surface area contributed by atoms with Gasteiger partial charge in [0.05, 0.1) is 13.2 Å². The summed E-state index contributed by atoms with van der Waals surface area (Å²) >= 11 is 0. The summed E-state index contributed by atoms with van der Waals surface area (Å²) in [5.41, 5.74) is 1.85. The summed E-state index contributed by atoms with van der Waals surface area (Å²) in [5, 5.41) is 8.98. The zero-order valence-electron chi connectivity index (χ0n) is 6.62. The molecule has 1 heterocycles. The number of hydrogen-bond donors (Lipinski definition) is 1. The molecule has 2 rings (SSSR count). The lowest BCUT2D eigenvalue weighted by Crippen LogP contribution is -2.13. The molecule has 0 fully saturated rings. The third-order valence-electron chi connectivity index (χ3n) is 1.94. The van der Waals surface area contributed by atoms with Crippen molar-refractivity contribution < 1.29 is 14.6 Å². The van der Waals surface area contributed by atoms with E-state index >= 15 is 0 Å². The van der Waals surface area contributed by atoms with Gasteiger partial charge in [-0.3, -0.25) is 0 Å². The van der Waals surface area contributed by atoms with Gasteiger partial charge in [-0.25, -0.2) is 0 Å². The van der Waals surface area contributed by atoms with Crippen LogP contribution in [0.4, 0.5) is 0 Å². The molecule has 0 aromatic heterocycles. The molecular formula is C9H10O3. The van der Waals surface area contributed by atoms with E-state index in [1.54, 1.807) is 0 Å². The molecule has 1 aromatic carbocycles. The maximum Gasteiger partial charge on any atom is 0.189 e. The molecule has 0 saturated heterocycles. The fourth-order valence-electron chi connectivity index (χ4n) is 1.31. The minimum atomic E-state index is 0.0376. The summed E-state index contributed by atoms with van der Waals surface area (Å²) in [7, 11) is 0. The molecule has 1 aliphatic heterocycles. The summed E-state index contributed by atoms with van der Waals surface area (Å²) in [6.45, 7) is 0.879. The lowest BCUT2D eigenvalue weighted by atomic mass is 10.1. The highest BCUT2D eigenvalue weighted by atomic mass is 16.7. The van der Waals surface area contributed by atoms with Crippen LogP contribution in [-0.2, 0) is 18.0 Å². The first-order valence-electron chi connectivity index (χ1n) is 3.84. The first-order valence-corrected chi connectivity index (χ1v) is 3.84. The average Bonchev–Trinajstić information content (AvgIpc) is 2.17. The molecule has 0 saturated carbocycles. The molecule has 3 heteroatoms. The van der Waals surface area contributed by atoms with Crippen molar-refractivity contribution in [3.05, 3.63) is 29.3 Å². The van der Waals surface area contributed by atoms with E-state index in [1.807, 2.05) is 18.2 Å². The van der Waals surface area contributed by atoms with Crippen LogP contribution in [0, 0.1) is 0 Å². The van der Waals surface area contributed by atoms with E-state index < -0.39 is 0 Å². The van der Waals surface area contributed by atoms with Crippen LogP contribution in [0.15, 0.2) is 18.2 Å². The van der Waals surface area contributed by atoms with E-state index in [2.05, 4.69) is 0 Å². The second-order valence-electron chi connectivity index (χ2n) is 2.66. The predicted octanol–water partition coefficient (Wildman–Crippen LogP) is 1.05. The highest BCUT2D eigenvalue weighted by Crippen LogP contribution is 2.26. The quantitative estimate of drug-likeness (QED) is 0.677. The Morgan fingerprint density at radius 3 is 3.17 bits per heavy atom. The van der Waals surface area contributed by atoms with Gasteiger partial charge in [0.1, 0.15) is 5.75 Å². The molecule has 0 aliphatic carbocycles. The van der Waals surface area contributed by atoms with Crippen molar-refractivity contribution in [1.82, 2.24) is 0 Å². The largest absolute Gasteiger partial charge is 0.467 e. The number of aliphatic hydroxyl groups excluding tert-OH is 1. The van der Waals surface area contributed by atoms with Crippen LogP contribution in [0.1, 0.15) is 11.1 Å². The van der Waals surface area contributed by atoms with Gasteiger partial charge in [-0.2, -0.15) is 0 Å². The summed E-state index contributed by atoms with van der Waals surface area (Å²) < 4.78 is 10.3. The van der Waals surface area contributed by atoms with Crippen LogP contribution in [0.5, 0.6) is 5.75 Å². The molecule has 0 amide bonds. The van der Waals surface area contributed by atoms with Gasteiger partial charge in [-0.15, -0.1) is 0 Å². The van der Waals surface area contributed by atoms with Crippen molar-refractivity contribution in [2.45, 2.75) is 13.2 Å². The van der Waals surface area contributed by atoms with Crippen LogP contribution in [0.25, 0.3) is 0 Å². The normalized spacial score (nSPS) is 15.1. The van der Waals surface area contributed by atoms with Gasteiger partial charge >= 0.3 is 0 Å². The Balaban J connectivity index is 2.44. The molecule has 0 unspecified atom stereocenters. The SMILES string of the molecule is OCc1cccc2c1COCO2. The van der Waals surface area contributed by atoms with Crippen molar-refractivity contribution in [1.29, 1.82) is 0 Å². The van der Waals surface area contributed by atoms with Crippen LogP contribution < -0.4 is 4.74 Å². The van der Waals surface area contributed by atoms with E-state index in [9.17, 15) is 0 Å². The van der Waals surface area contributed by atoms with Gasteiger partial charge in [0, 0.05) is 5.56 Å². The van der Waals surface area contributed by atoms with E-state index in [4.69, 9.17) is 14.6 Å². The number of aliphatic hydroxyl groups is 1. The Kier molecular flexibility index (Phi) is 1.98. The lowest BCUT2D eigenvalue weighted by molar-refractivity contribution is -0.0173. The van der Waals surface area contributed by atoms with E-state index in [-0.39, 0.29) is 6.61 Å². The molecule has 12 heavy (non-hydrogen) atoms. The van der Waals surface area contributed by atoms with Crippen molar-refractivity contribution in [2.24, 2.45) is 0 Å². The third kappa shape index (κ3) is 1.17. The summed E-state index contributed by atoms with van der Waals surface area (Å²) in [5.74, 6) is 0.827. The summed E-state index contributed by atoms with van der Waals surface area (Å²) in [6.07, 6.45) is 0. The third-order valence-corrected chi connectivity index (χ3v) is 1.94. The van der Waals surface area contributed by atoms with Crippen molar-refractivity contribution >= 4 is 0 Å². The van der Waals surface area contributed by atoms with E-state index in [0.29, 0.717) is 13.4 Å². The first-order chi connectivity index (χ1) is 5.92. The van der Waals surface area contributed by atoms with Gasteiger partial charge in [0.25, 0.3) is 0 Å². The second-order valence-corrected chi connectivity index (χ2v) is 2.66. The monoisotopic (exact) mass is 166 g/mol. The van der Waals surface area contributed by atoms with E-state index in [0.717, 1.165) is 16.9 Å². The van der Waals surface area contributed by atoms with Crippen molar-refractivity contribution in [3.63, 3.8) is 0 Å². The molecule has 3 nitrogen and oxygen atoms in total. The number of benzene rings is 1. The van der Waals surface area contributed by atoms with Gasteiger partial charge < -0.3 is 14.6 Å². The van der Waals surface area contributed by atoms with Crippen LogP contribution in [-0.4, -0.2) is 11.9 Å². The number of hydrogen-bond acceptors (Lipinski definition) is 3. The number of fused-ring (bicyclic) bond motifs is 1. The molecular weight excluding hydrogens is 156 g/mol. The van der Waals surface area contributed by atoms with Crippen LogP contribution in [0.3, 0.4) is 0 Å². The Morgan fingerprint density at radius 2 is 2.33 bits per heavy atom. The fraction of sp³-hybridized carbons (Fsp3) is 0.333. The van der Waals surface area contributed by atoms with Crippen molar-refractivity contribution in [2.75, 3.05) is 6.79 Å². The molecule has 1 aromatic rings. The molecule has 1 N–H and O–H groups in total. The average molecular weight is 166 g/mol. The Labute approximate surface area is 70.5 Å². The van der Waals surface area contributed by atoms with Gasteiger partial charge in [-0.05, 0) is 11.6 Å². The topological polar surface area (TPSA) is 38.7 Å². The molecule has 0 radical (unpaired) electrons. The fourth-order valence-corrected chi connectivity index (χ4v) is 1.31.